The van der Waals surface area contributed by atoms with Gasteiger partial charge in [0.25, 0.3) is 0 Å². The molecule has 2 aromatic carbocycles. The van der Waals surface area contributed by atoms with Crippen molar-refractivity contribution >= 4 is 35.0 Å². The minimum absolute atomic E-state index is 0.0490. The van der Waals surface area contributed by atoms with Crippen LogP contribution < -0.4 is 14.8 Å². The molecule has 0 saturated carbocycles. The van der Waals surface area contributed by atoms with E-state index in [0.717, 1.165) is 11.8 Å². The summed E-state index contributed by atoms with van der Waals surface area (Å²) in [5.74, 6) is 1.11. The summed E-state index contributed by atoms with van der Waals surface area (Å²) in [6, 6.07) is 11.3. The van der Waals surface area contributed by atoms with E-state index in [1.807, 2.05) is 0 Å². The van der Waals surface area contributed by atoms with Crippen molar-refractivity contribution in [3.63, 3.8) is 0 Å². The van der Waals surface area contributed by atoms with Crippen molar-refractivity contribution in [2.24, 2.45) is 7.05 Å². The van der Waals surface area contributed by atoms with Gasteiger partial charge in [0.15, 0.2) is 11.0 Å². The Hall–Kier alpha value is -2.78. The second-order valence-electron chi connectivity index (χ2n) is 5.88. The van der Waals surface area contributed by atoms with E-state index >= 15 is 0 Å². The number of ether oxygens (including phenoxy) is 2. The number of thioether (sulfide) groups is 1. The average molecular weight is 437 g/mol. The van der Waals surface area contributed by atoms with E-state index in [4.69, 9.17) is 21.1 Å². The number of benzene rings is 2. The number of hydrogen-bond donors (Lipinski definition) is 1. The number of aromatic nitrogens is 3. The van der Waals surface area contributed by atoms with Gasteiger partial charge >= 0.3 is 0 Å². The molecule has 0 unspecified atom stereocenters. The maximum atomic E-state index is 13.8. The molecule has 0 atom stereocenters. The Balaban J connectivity index is 1.52. The smallest absolute Gasteiger partial charge is 0.234 e. The van der Waals surface area contributed by atoms with Gasteiger partial charge in [0.2, 0.25) is 5.91 Å². The monoisotopic (exact) mass is 436 g/mol. The van der Waals surface area contributed by atoms with Gasteiger partial charge in [-0.25, -0.2) is 4.39 Å². The molecular formula is C19H18ClFN4O3S. The Kier molecular flexibility index (Phi) is 6.95. The van der Waals surface area contributed by atoms with Crippen LogP contribution in [0, 0.1) is 5.82 Å². The van der Waals surface area contributed by atoms with E-state index in [2.05, 4.69) is 15.5 Å². The highest BCUT2D eigenvalue weighted by molar-refractivity contribution is 7.99. The zero-order valence-corrected chi connectivity index (χ0v) is 17.3. The maximum absolute atomic E-state index is 13.8. The van der Waals surface area contributed by atoms with Crippen molar-refractivity contribution in [2.45, 2.75) is 11.8 Å². The SMILES string of the molecule is COc1ccc(OCc2nnc(SCC(=O)Nc3ccc(Cl)cc3F)n2C)cc1. The highest BCUT2D eigenvalue weighted by Crippen LogP contribution is 2.21. The van der Waals surface area contributed by atoms with Gasteiger partial charge in [-0.3, -0.25) is 4.79 Å². The second-order valence-corrected chi connectivity index (χ2v) is 7.26. The van der Waals surface area contributed by atoms with E-state index in [-0.39, 0.29) is 29.0 Å². The van der Waals surface area contributed by atoms with Gasteiger partial charge in [-0.05, 0) is 42.5 Å². The first-order valence-electron chi connectivity index (χ1n) is 8.49. The number of carbonyl (C=O) groups excluding carboxylic acids is 1. The molecule has 1 aromatic heterocycles. The normalized spacial score (nSPS) is 10.6. The van der Waals surface area contributed by atoms with Crippen molar-refractivity contribution in [3.05, 3.63) is 59.1 Å². The number of carbonyl (C=O) groups is 1. The molecule has 0 bridgehead atoms. The Morgan fingerprint density at radius 1 is 1.21 bits per heavy atom. The largest absolute Gasteiger partial charge is 0.497 e. The van der Waals surface area contributed by atoms with Crippen LogP contribution in [0.1, 0.15) is 5.82 Å². The number of hydrogen-bond acceptors (Lipinski definition) is 6. The lowest BCUT2D eigenvalue weighted by atomic mass is 10.3. The summed E-state index contributed by atoms with van der Waals surface area (Å²) in [5, 5.41) is 11.5. The van der Waals surface area contributed by atoms with Crippen LogP contribution in [0.25, 0.3) is 0 Å². The highest BCUT2D eigenvalue weighted by atomic mass is 35.5. The van der Waals surface area contributed by atoms with Gasteiger partial charge in [-0.15, -0.1) is 10.2 Å². The highest BCUT2D eigenvalue weighted by Gasteiger charge is 2.13. The van der Waals surface area contributed by atoms with Crippen molar-refractivity contribution in [1.29, 1.82) is 0 Å². The van der Waals surface area contributed by atoms with Gasteiger partial charge < -0.3 is 19.4 Å². The van der Waals surface area contributed by atoms with Gasteiger partial charge in [0, 0.05) is 12.1 Å². The molecule has 1 amide bonds. The fourth-order valence-electron chi connectivity index (χ4n) is 2.32. The van der Waals surface area contributed by atoms with E-state index in [0.29, 0.717) is 16.7 Å². The first-order chi connectivity index (χ1) is 14.0. The van der Waals surface area contributed by atoms with Gasteiger partial charge in [-0.1, -0.05) is 23.4 Å². The molecule has 0 radical (unpaired) electrons. The lowest BCUT2D eigenvalue weighted by Gasteiger charge is -2.08. The van der Waals surface area contributed by atoms with E-state index in [1.165, 1.54) is 23.9 Å². The summed E-state index contributed by atoms with van der Waals surface area (Å²) in [4.78, 5) is 12.1. The first-order valence-corrected chi connectivity index (χ1v) is 9.85. The molecule has 0 fully saturated rings. The Labute approximate surface area is 176 Å². The van der Waals surface area contributed by atoms with E-state index in [9.17, 15) is 9.18 Å². The number of amides is 1. The van der Waals surface area contributed by atoms with Crippen LogP contribution in [0.3, 0.4) is 0 Å². The summed E-state index contributed by atoms with van der Waals surface area (Å²) in [6.45, 7) is 0.221. The van der Waals surface area contributed by atoms with Crippen molar-refractivity contribution in [1.82, 2.24) is 14.8 Å². The standard InChI is InChI=1S/C19H18ClFN4O3S/c1-25-17(10-28-14-6-4-13(27-2)5-7-14)23-24-19(25)29-11-18(26)22-16-8-3-12(20)9-15(16)21/h3-9H,10-11H2,1-2H3,(H,22,26). The molecule has 152 valence electrons. The lowest BCUT2D eigenvalue weighted by molar-refractivity contribution is -0.113. The number of nitrogens with one attached hydrogen (secondary N) is 1. The third-order valence-electron chi connectivity index (χ3n) is 3.89. The quantitative estimate of drug-likeness (QED) is 0.539. The molecule has 3 rings (SSSR count). The summed E-state index contributed by atoms with van der Waals surface area (Å²) in [5.41, 5.74) is 0.0755. The average Bonchev–Trinajstić information content (AvgIpc) is 3.07. The predicted octanol–water partition coefficient (Wildman–Crippen LogP) is 3.93. The number of methoxy groups -OCH3 is 1. The fourth-order valence-corrected chi connectivity index (χ4v) is 3.21. The van der Waals surface area contributed by atoms with Crippen LogP contribution in [-0.2, 0) is 18.4 Å². The molecule has 10 heteroatoms. The fraction of sp³-hybridized carbons (Fsp3) is 0.211. The van der Waals surface area contributed by atoms with Crippen molar-refractivity contribution < 1.29 is 18.7 Å². The maximum Gasteiger partial charge on any atom is 0.234 e. The molecule has 3 aromatic rings. The van der Waals surface area contributed by atoms with Crippen LogP contribution in [0.4, 0.5) is 10.1 Å². The summed E-state index contributed by atoms with van der Waals surface area (Å²) >= 11 is 6.89. The van der Waals surface area contributed by atoms with E-state index < -0.39 is 5.82 Å². The van der Waals surface area contributed by atoms with Gasteiger partial charge in [0.1, 0.15) is 23.9 Å². The Morgan fingerprint density at radius 2 is 1.93 bits per heavy atom. The zero-order chi connectivity index (χ0) is 20.8. The molecule has 0 aliphatic rings. The van der Waals surface area contributed by atoms with Crippen molar-refractivity contribution in [3.8, 4) is 11.5 Å². The first kappa shape index (κ1) is 20.9. The zero-order valence-electron chi connectivity index (χ0n) is 15.7. The molecule has 1 heterocycles. The van der Waals surface area contributed by atoms with E-state index in [1.54, 1.807) is 43.0 Å². The van der Waals surface area contributed by atoms with Crippen LogP contribution >= 0.6 is 23.4 Å². The number of anilines is 1. The molecule has 29 heavy (non-hydrogen) atoms. The minimum atomic E-state index is -0.590. The summed E-state index contributed by atoms with van der Waals surface area (Å²) < 4.78 is 26.3. The van der Waals surface area contributed by atoms with Crippen LogP contribution in [0.2, 0.25) is 5.02 Å². The molecular weight excluding hydrogens is 419 g/mol. The molecule has 7 nitrogen and oxygen atoms in total. The third-order valence-corrected chi connectivity index (χ3v) is 5.15. The summed E-state index contributed by atoms with van der Waals surface area (Å²) in [6.07, 6.45) is 0. The molecule has 0 aliphatic heterocycles. The van der Waals surface area contributed by atoms with Gasteiger partial charge in [0.05, 0.1) is 18.6 Å². The number of halogens is 2. The molecule has 0 spiro atoms. The number of nitrogens with zero attached hydrogens (tertiary/aromatic N) is 3. The molecule has 0 saturated heterocycles. The van der Waals surface area contributed by atoms with Crippen LogP contribution in [0.15, 0.2) is 47.6 Å². The Bertz CT molecular complexity index is 998. The predicted molar refractivity (Wildman–Crippen MR) is 109 cm³/mol. The van der Waals surface area contributed by atoms with Crippen molar-refractivity contribution in [2.75, 3.05) is 18.2 Å². The lowest BCUT2D eigenvalue weighted by Crippen LogP contribution is -2.15. The third kappa shape index (κ3) is 5.61. The number of rotatable bonds is 8. The molecule has 1 N–H and O–H groups in total. The molecule has 0 aliphatic carbocycles. The Morgan fingerprint density at radius 3 is 2.62 bits per heavy atom. The van der Waals surface area contributed by atoms with Crippen LogP contribution in [0.5, 0.6) is 11.5 Å². The van der Waals surface area contributed by atoms with Crippen LogP contribution in [-0.4, -0.2) is 33.5 Å². The summed E-state index contributed by atoms with van der Waals surface area (Å²) in [7, 11) is 3.38. The minimum Gasteiger partial charge on any atom is -0.497 e. The van der Waals surface area contributed by atoms with Gasteiger partial charge in [-0.2, -0.15) is 0 Å². The second kappa shape index (κ2) is 9.62. The topological polar surface area (TPSA) is 78.3 Å².